The van der Waals surface area contributed by atoms with E-state index in [0.29, 0.717) is 23.0 Å². The van der Waals surface area contributed by atoms with Crippen molar-refractivity contribution in [2.75, 3.05) is 13.6 Å². The van der Waals surface area contributed by atoms with Crippen LogP contribution in [0.3, 0.4) is 0 Å². The lowest BCUT2D eigenvalue weighted by atomic mass is 9.82. The van der Waals surface area contributed by atoms with E-state index in [4.69, 9.17) is 23.7 Å². The fourth-order valence-electron chi connectivity index (χ4n) is 4.79. The first-order chi connectivity index (χ1) is 20.4. The fourth-order valence-corrected chi connectivity index (χ4v) is 4.79. The molecule has 1 aliphatic carbocycles. The van der Waals surface area contributed by atoms with Crippen LogP contribution in [0.4, 0.5) is 0 Å². The summed E-state index contributed by atoms with van der Waals surface area (Å²) in [5.41, 5.74) is 4.60. The van der Waals surface area contributed by atoms with E-state index in [2.05, 4.69) is 19.2 Å². The molecule has 8 heteroatoms. The zero-order chi connectivity index (χ0) is 29.9. The summed E-state index contributed by atoms with van der Waals surface area (Å²) in [7, 11) is 0. The monoisotopic (exact) mass is 570 g/mol. The fraction of sp³-hybridized carbons (Fsp3) is 0.265. The molecule has 1 fully saturated rings. The zero-order valence-electron chi connectivity index (χ0n) is 23.6. The minimum absolute atomic E-state index is 0.116. The van der Waals surface area contributed by atoms with E-state index in [1.807, 2.05) is 43.3 Å². The number of hydrogen-bond donors (Lipinski definition) is 0. The summed E-state index contributed by atoms with van der Waals surface area (Å²) in [4.78, 5) is 35.1. The van der Waals surface area contributed by atoms with Gasteiger partial charge >= 0.3 is 17.9 Å². The highest BCUT2D eigenvalue weighted by atomic mass is 16.7. The molecule has 1 saturated carbocycles. The van der Waals surface area contributed by atoms with Gasteiger partial charge in [0.15, 0.2) is 0 Å². The number of aryl methyl sites for hydroxylation is 1. The molecule has 8 nitrogen and oxygen atoms in total. The van der Waals surface area contributed by atoms with Gasteiger partial charge in [0.05, 0.1) is 5.56 Å². The first-order valence-electron chi connectivity index (χ1n) is 13.7. The molecule has 0 saturated heterocycles. The maximum atomic E-state index is 12.8. The Morgan fingerprint density at radius 1 is 0.762 bits per heavy atom. The van der Waals surface area contributed by atoms with Crippen molar-refractivity contribution in [3.63, 3.8) is 0 Å². The zero-order valence-corrected chi connectivity index (χ0v) is 23.6. The summed E-state index contributed by atoms with van der Waals surface area (Å²) in [6, 6.07) is 20.7. The van der Waals surface area contributed by atoms with Crippen molar-refractivity contribution >= 4 is 17.9 Å². The van der Waals surface area contributed by atoms with Gasteiger partial charge in [-0.1, -0.05) is 49.6 Å². The average molecular weight is 571 g/mol. The highest BCUT2D eigenvalue weighted by Crippen LogP contribution is 2.36. The number of esters is 3. The smallest absolute Gasteiger partial charge is 0.338 e. The number of benzene rings is 3. The van der Waals surface area contributed by atoms with Crippen molar-refractivity contribution in [3.05, 3.63) is 109 Å². The van der Waals surface area contributed by atoms with Gasteiger partial charge in [-0.05, 0) is 91.1 Å². The van der Waals surface area contributed by atoms with Crippen molar-refractivity contribution in [1.29, 1.82) is 0 Å². The second kappa shape index (κ2) is 14.7. The Hall–Kier alpha value is -4.85. The van der Waals surface area contributed by atoms with Crippen LogP contribution in [0.5, 0.6) is 11.5 Å². The van der Waals surface area contributed by atoms with Gasteiger partial charge in [0, 0.05) is 12.2 Å². The summed E-state index contributed by atoms with van der Waals surface area (Å²) in [5, 5.41) is 0. The quantitative estimate of drug-likeness (QED) is 0.103. The molecule has 0 radical (unpaired) electrons. The molecule has 4 rings (SSSR count). The Morgan fingerprint density at radius 2 is 1.33 bits per heavy atom. The van der Waals surface area contributed by atoms with Crippen LogP contribution in [0.1, 0.15) is 53.1 Å². The standard InChI is InChI=1S/C34H34O8/c1-4-32(35)40-21-38-29-15-10-25(11-16-29)24-6-8-27(9-7-24)34(37)42-30-17-12-26(13-18-30)28-14-19-31(23(3)20-28)39-22-41-33(36)5-2/h4-11,14-16,19-20,26,30H,1-2,12-13,17-18,21-22H2,3H3. The van der Waals surface area contributed by atoms with E-state index < -0.39 is 11.9 Å². The van der Waals surface area contributed by atoms with E-state index in [9.17, 15) is 14.4 Å². The van der Waals surface area contributed by atoms with Crippen LogP contribution in [0, 0.1) is 6.92 Å². The highest BCUT2D eigenvalue weighted by molar-refractivity contribution is 5.90. The van der Waals surface area contributed by atoms with Crippen molar-refractivity contribution in [3.8, 4) is 22.6 Å². The summed E-state index contributed by atoms with van der Waals surface area (Å²) in [6.07, 6.45) is 5.49. The molecule has 0 amide bonds. The summed E-state index contributed by atoms with van der Waals surface area (Å²) < 4.78 is 26.5. The van der Waals surface area contributed by atoms with E-state index in [0.717, 1.165) is 54.5 Å². The average Bonchev–Trinajstić information content (AvgIpc) is 3.02. The number of ether oxygens (including phenoxy) is 5. The lowest BCUT2D eigenvalue weighted by molar-refractivity contribution is -0.145. The largest absolute Gasteiger partial charge is 0.459 e. The van der Waals surface area contributed by atoms with Crippen LogP contribution in [0.2, 0.25) is 0 Å². The molecule has 0 aliphatic heterocycles. The molecule has 0 aromatic heterocycles. The summed E-state index contributed by atoms with van der Waals surface area (Å²) in [6.45, 7) is 8.30. The van der Waals surface area contributed by atoms with Gasteiger partial charge in [-0.15, -0.1) is 0 Å². The first kappa shape index (κ1) is 30.1. The Labute approximate surface area is 245 Å². The van der Waals surface area contributed by atoms with Crippen LogP contribution >= 0.6 is 0 Å². The Bertz CT molecular complexity index is 1400. The normalized spacial score (nSPS) is 16.0. The summed E-state index contributed by atoms with van der Waals surface area (Å²) in [5.74, 6) is 0.213. The van der Waals surface area contributed by atoms with E-state index in [-0.39, 0.29) is 25.7 Å². The third-order valence-electron chi connectivity index (χ3n) is 7.10. The van der Waals surface area contributed by atoms with Crippen LogP contribution in [-0.2, 0) is 23.8 Å². The SMILES string of the molecule is C=CC(=O)OCOc1ccc(-c2ccc(C(=O)OC3CCC(c4ccc(OCOC(=O)C=C)c(C)c4)CC3)cc2)cc1. The minimum atomic E-state index is -0.547. The van der Waals surface area contributed by atoms with Crippen molar-refractivity contribution < 1.29 is 38.1 Å². The van der Waals surface area contributed by atoms with Gasteiger partial charge in [0.25, 0.3) is 0 Å². The number of carbonyl (C=O) groups is 3. The lowest BCUT2D eigenvalue weighted by Gasteiger charge is -2.29. The molecule has 0 bridgehead atoms. The molecule has 0 spiro atoms. The Balaban J connectivity index is 1.23. The van der Waals surface area contributed by atoms with Crippen LogP contribution in [-0.4, -0.2) is 37.6 Å². The van der Waals surface area contributed by atoms with Crippen molar-refractivity contribution in [2.45, 2.75) is 44.6 Å². The third kappa shape index (κ3) is 8.33. The molecule has 0 unspecified atom stereocenters. The highest BCUT2D eigenvalue weighted by Gasteiger charge is 2.26. The number of carbonyl (C=O) groups excluding carboxylic acids is 3. The van der Waals surface area contributed by atoms with Gasteiger partial charge in [-0.2, -0.15) is 0 Å². The van der Waals surface area contributed by atoms with Crippen LogP contribution in [0.25, 0.3) is 11.1 Å². The molecule has 218 valence electrons. The molecule has 0 atom stereocenters. The third-order valence-corrected chi connectivity index (χ3v) is 7.10. The Kier molecular flexibility index (Phi) is 10.5. The van der Waals surface area contributed by atoms with Crippen LogP contribution in [0.15, 0.2) is 92.0 Å². The number of hydrogen-bond acceptors (Lipinski definition) is 8. The maximum Gasteiger partial charge on any atom is 0.338 e. The lowest BCUT2D eigenvalue weighted by Crippen LogP contribution is -2.24. The van der Waals surface area contributed by atoms with E-state index in [1.54, 1.807) is 24.3 Å². The predicted molar refractivity (Wildman–Crippen MR) is 157 cm³/mol. The molecular formula is C34H34O8. The van der Waals surface area contributed by atoms with Gasteiger partial charge in [0.1, 0.15) is 17.6 Å². The molecule has 0 heterocycles. The number of rotatable bonds is 12. The van der Waals surface area contributed by atoms with Gasteiger partial charge < -0.3 is 23.7 Å². The van der Waals surface area contributed by atoms with Crippen molar-refractivity contribution in [1.82, 2.24) is 0 Å². The van der Waals surface area contributed by atoms with Gasteiger partial charge in [-0.3, -0.25) is 0 Å². The summed E-state index contributed by atoms with van der Waals surface area (Å²) >= 11 is 0. The second-order valence-electron chi connectivity index (χ2n) is 9.86. The predicted octanol–water partition coefficient (Wildman–Crippen LogP) is 6.68. The van der Waals surface area contributed by atoms with Crippen LogP contribution < -0.4 is 9.47 Å². The molecule has 42 heavy (non-hydrogen) atoms. The molecule has 3 aromatic rings. The molecular weight excluding hydrogens is 536 g/mol. The molecule has 3 aromatic carbocycles. The topological polar surface area (TPSA) is 97.4 Å². The maximum absolute atomic E-state index is 12.8. The minimum Gasteiger partial charge on any atom is -0.459 e. The molecule has 0 N–H and O–H groups in total. The van der Waals surface area contributed by atoms with E-state index in [1.165, 1.54) is 5.56 Å². The van der Waals surface area contributed by atoms with E-state index >= 15 is 0 Å². The first-order valence-corrected chi connectivity index (χ1v) is 13.7. The molecule has 1 aliphatic rings. The van der Waals surface area contributed by atoms with Crippen molar-refractivity contribution in [2.24, 2.45) is 0 Å². The second-order valence-corrected chi connectivity index (χ2v) is 9.86. The van der Waals surface area contributed by atoms with Gasteiger partial charge in [-0.25, -0.2) is 14.4 Å². The van der Waals surface area contributed by atoms with Gasteiger partial charge in [0.2, 0.25) is 13.6 Å². The Morgan fingerprint density at radius 3 is 1.90 bits per heavy atom.